The molecule has 0 unspecified atom stereocenters. The molecule has 132 valence electrons. The van der Waals surface area contributed by atoms with Gasteiger partial charge in [0.2, 0.25) is 0 Å². The van der Waals surface area contributed by atoms with Crippen LogP contribution in [0, 0.1) is 0 Å². The maximum Gasteiger partial charge on any atom is 0.257 e. The lowest BCUT2D eigenvalue weighted by Crippen LogP contribution is -2.14. The smallest absolute Gasteiger partial charge is 0.257 e. The molecule has 0 fully saturated rings. The number of rotatable bonds is 5. The Morgan fingerprint density at radius 1 is 1.04 bits per heavy atom. The molecule has 26 heavy (non-hydrogen) atoms. The molecule has 3 aromatic rings. The normalized spacial score (nSPS) is 10.4. The Hall–Kier alpha value is -3.25. The summed E-state index contributed by atoms with van der Waals surface area (Å²) in [4.78, 5) is 22.7. The SMILES string of the molecule is CN(C)c1ccc(-c2cncc(C(=O)Nc3cnccc3CO)c2)cc1. The first-order valence-corrected chi connectivity index (χ1v) is 8.16. The van der Waals surface area contributed by atoms with Crippen molar-refractivity contribution in [3.63, 3.8) is 0 Å². The van der Waals surface area contributed by atoms with Gasteiger partial charge in [0.15, 0.2) is 0 Å². The number of amides is 1. The molecule has 0 aliphatic heterocycles. The van der Waals surface area contributed by atoms with Crippen molar-refractivity contribution >= 4 is 17.3 Å². The molecule has 0 aliphatic rings. The number of aliphatic hydroxyl groups excluding tert-OH is 1. The maximum absolute atomic E-state index is 12.5. The van der Waals surface area contributed by atoms with Crippen LogP contribution < -0.4 is 10.2 Å². The number of nitrogens with one attached hydrogen (secondary N) is 1. The van der Waals surface area contributed by atoms with E-state index in [9.17, 15) is 9.90 Å². The molecule has 2 N–H and O–H groups in total. The molecular formula is C20H20N4O2. The zero-order chi connectivity index (χ0) is 18.5. The third-order valence-corrected chi connectivity index (χ3v) is 4.05. The molecule has 6 heteroatoms. The van der Waals surface area contributed by atoms with E-state index in [1.807, 2.05) is 43.3 Å². The van der Waals surface area contributed by atoms with Crippen molar-refractivity contribution in [1.29, 1.82) is 0 Å². The van der Waals surface area contributed by atoms with Crippen molar-refractivity contribution in [3.05, 3.63) is 72.3 Å². The number of anilines is 2. The van der Waals surface area contributed by atoms with Gasteiger partial charge in [-0.1, -0.05) is 12.1 Å². The number of pyridine rings is 2. The van der Waals surface area contributed by atoms with Crippen LogP contribution in [0.2, 0.25) is 0 Å². The topological polar surface area (TPSA) is 78.4 Å². The number of hydrogen-bond acceptors (Lipinski definition) is 5. The van der Waals surface area contributed by atoms with Crippen LogP contribution in [0.25, 0.3) is 11.1 Å². The Bertz CT molecular complexity index is 908. The van der Waals surface area contributed by atoms with Gasteiger partial charge in [0, 0.05) is 49.5 Å². The molecule has 0 aliphatic carbocycles. The third kappa shape index (κ3) is 3.87. The molecule has 2 heterocycles. The minimum Gasteiger partial charge on any atom is -0.392 e. The highest BCUT2D eigenvalue weighted by atomic mass is 16.3. The Balaban J connectivity index is 1.83. The summed E-state index contributed by atoms with van der Waals surface area (Å²) in [6.45, 7) is -0.172. The number of carbonyl (C=O) groups is 1. The van der Waals surface area contributed by atoms with E-state index in [2.05, 4.69) is 15.3 Å². The van der Waals surface area contributed by atoms with Crippen LogP contribution in [0.1, 0.15) is 15.9 Å². The van der Waals surface area contributed by atoms with E-state index in [4.69, 9.17) is 0 Å². The standard InChI is InChI=1S/C20H20N4O2/c1-24(2)18-5-3-14(4-6-18)16-9-17(11-22-10-16)20(26)23-19-12-21-8-7-15(19)13-25/h3-12,25H,13H2,1-2H3,(H,23,26). The average Bonchev–Trinajstić information content (AvgIpc) is 2.68. The first kappa shape index (κ1) is 17.6. The minimum atomic E-state index is -0.299. The van der Waals surface area contributed by atoms with Crippen LogP contribution in [0.5, 0.6) is 0 Å². The molecule has 0 saturated carbocycles. The van der Waals surface area contributed by atoms with E-state index in [-0.39, 0.29) is 12.5 Å². The second kappa shape index (κ2) is 7.76. The number of carbonyl (C=O) groups excluding carboxylic acids is 1. The molecule has 0 bridgehead atoms. The van der Waals surface area contributed by atoms with Crippen LogP contribution in [0.15, 0.2) is 61.2 Å². The summed E-state index contributed by atoms with van der Waals surface area (Å²) >= 11 is 0. The van der Waals surface area contributed by atoms with Gasteiger partial charge in [-0.25, -0.2) is 0 Å². The van der Waals surface area contributed by atoms with Gasteiger partial charge < -0.3 is 15.3 Å². The predicted molar refractivity (Wildman–Crippen MR) is 102 cm³/mol. The quantitative estimate of drug-likeness (QED) is 0.741. The second-order valence-corrected chi connectivity index (χ2v) is 6.05. The lowest BCUT2D eigenvalue weighted by molar-refractivity contribution is 0.102. The average molecular weight is 348 g/mol. The highest BCUT2D eigenvalue weighted by molar-refractivity contribution is 6.05. The molecule has 1 amide bonds. The molecule has 3 rings (SSSR count). The van der Waals surface area contributed by atoms with E-state index >= 15 is 0 Å². The van der Waals surface area contributed by atoms with Gasteiger partial charge >= 0.3 is 0 Å². The Morgan fingerprint density at radius 3 is 2.50 bits per heavy atom. The number of hydrogen-bond donors (Lipinski definition) is 2. The van der Waals surface area contributed by atoms with Crippen molar-refractivity contribution in [2.24, 2.45) is 0 Å². The van der Waals surface area contributed by atoms with Gasteiger partial charge in [-0.05, 0) is 29.8 Å². The summed E-state index contributed by atoms with van der Waals surface area (Å²) in [5.74, 6) is -0.299. The summed E-state index contributed by atoms with van der Waals surface area (Å²) < 4.78 is 0. The fraction of sp³-hybridized carbons (Fsp3) is 0.150. The molecule has 0 radical (unpaired) electrons. The van der Waals surface area contributed by atoms with E-state index < -0.39 is 0 Å². The summed E-state index contributed by atoms with van der Waals surface area (Å²) in [6, 6.07) is 11.5. The maximum atomic E-state index is 12.5. The van der Waals surface area contributed by atoms with Gasteiger partial charge in [0.1, 0.15) is 0 Å². The summed E-state index contributed by atoms with van der Waals surface area (Å²) in [7, 11) is 3.97. The van der Waals surface area contributed by atoms with Crippen molar-refractivity contribution in [3.8, 4) is 11.1 Å². The van der Waals surface area contributed by atoms with Crippen molar-refractivity contribution in [2.45, 2.75) is 6.61 Å². The van der Waals surface area contributed by atoms with Gasteiger partial charge in [-0.15, -0.1) is 0 Å². The first-order chi connectivity index (χ1) is 12.6. The number of aromatic nitrogens is 2. The van der Waals surface area contributed by atoms with Gasteiger partial charge in [-0.3, -0.25) is 14.8 Å². The largest absolute Gasteiger partial charge is 0.392 e. The van der Waals surface area contributed by atoms with Crippen LogP contribution in [-0.4, -0.2) is 35.1 Å². The molecule has 1 aromatic carbocycles. The highest BCUT2D eigenvalue weighted by Crippen LogP contribution is 2.23. The fourth-order valence-corrected chi connectivity index (χ4v) is 2.54. The van der Waals surface area contributed by atoms with Crippen molar-refractivity contribution in [2.75, 3.05) is 24.3 Å². The van der Waals surface area contributed by atoms with Crippen LogP contribution in [0.4, 0.5) is 11.4 Å². The van der Waals surface area contributed by atoms with Crippen molar-refractivity contribution in [1.82, 2.24) is 9.97 Å². The lowest BCUT2D eigenvalue weighted by atomic mass is 10.1. The fourth-order valence-electron chi connectivity index (χ4n) is 2.54. The molecule has 0 saturated heterocycles. The summed E-state index contributed by atoms with van der Waals surface area (Å²) in [5.41, 5.74) is 4.47. The Kier molecular flexibility index (Phi) is 5.24. The van der Waals surface area contributed by atoms with Gasteiger partial charge in [0.05, 0.1) is 24.1 Å². The molecule has 0 atom stereocenters. The number of benzene rings is 1. The summed E-state index contributed by atoms with van der Waals surface area (Å²) in [5, 5.41) is 12.1. The van der Waals surface area contributed by atoms with Crippen LogP contribution in [-0.2, 0) is 6.61 Å². The van der Waals surface area contributed by atoms with Gasteiger partial charge in [0.25, 0.3) is 5.91 Å². The molecule has 6 nitrogen and oxygen atoms in total. The second-order valence-electron chi connectivity index (χ2n) is 6.05. The zero-order valence-electron chi connectivity index (χ0n) is 14.7. The van der Waals surface area contributed by atoms with Crippen molar-refractivity contribution < 1.29 is 9.90 Å². The Morgan fingerprint density at radius 2 is 1.81 bits per heavy atom. The predicted octanol–water partition coefficient (Wildman–Crippen LogP) is 2.95. The van der Waals surface area contributed by atoms with E-state index in [0.29, 0.717) is 16.8 Å². The molecule has 2 aromatic heterocycles. The molecular weight excluding hydrogens is 328 g/mol. The first-order valence-electron chi connectivity index (χ1n) is 8.16. The van der Waals surface area contributed by atoms with Crippen LogP contribution >= 0.6 is 0 Å². The Labute approximate surface area is 152 Å². The highest BCUT2D eigenvalue weighted by Gasteiger charge is 2.11. The summed E-state index contributed by atoms with van der Waals surface area (Å²) in [6.07, 6.45) is 6.33. The molecule has 0 spiro atoms. The van der Waals surface area contributed by atoms with E-state index in [1.54, 1.807) is 24.5 Å². The lowest BCUT2D eigenvalue weighted by Gasteiger charge is -2.13. The third-order valence-electron chi connectivity index (χ3n) is 4.05. The van der Waals surface area contributed by atoms with E-state index in [1.165, 1.54) is 12.4 Å². The number of nitrogens with zero attached hydrogens (tertiary/aromatic N) is 3. The van der Waals surface area contributed by atoms with E-state index in [0.717, 1.165) is 16.8 Å². The monoisotopic (exact) mass is 348 g/mol. The van der Waals surface area contributed by atoms with Gasteiger partial charge in [-0.2, -0.15) is 0 Å². The minimum absolute atomic E-state index is 0.172. The zero-order valence-corrected chi connectivity index (χ0v) is 14.7. The number of aliphatic hydroxyl groups is 1. The van der Waals surface area contributed by atoms with Crippen LogP contribution in [0.3, 0.4) is 0 Å².